The summed E-state index contributed by atoms with van der Waals surface area (Å²) >= 11 is 5.97. The number of hydrogen-bond donors (Lipinski definition) is 1. The predicted octanol–water partition coefficient (Wildman–Crippen LogP) is 2.96. The van der Waals surface area contributed by atoms with Crippen molar-refractivity contribution in [2.45, 2.75) is 18.7 Å². The lowest BCUT2D eigenvalue weighted by atomic mass is 10.2. The molecule has 1 amide bonds. The summed E-state index contributed by atoms with van der Waals surface area (Å²) in [7, 11) is -3.38. The monoisotopic (exact) mass is 351 g/mol. The van der Waals surface area contributed by atoms with Gasteiger partial charge in [0.15, 0.2) is 9.84 Å². The van der Waals surface area contributed by atoms with Gasteiger partial charge in [0.1, 0.15) is 0 Å². The molecular formula is C17H18ClNO3S. The number of nitrogens with one attached hydrogen (secondary N) is 1. The van der Waals surface area contributed by atoms with Crippen molar-refractivity contribution in [1.29, 1.82) is 0 Å². The van der Waals surface area contributed by atoms with Crippen LogP contribution in [0.4, 0.5) is 0 Å². The molecule has 0 bridgehead atoms. The Labute approximate surface area is 141 Å². The molecule has 2 aromatic carbocycles. The first kappa shape index (κ1) is 17.5. The topological polar surface area (TPSA) is 63.2 Å². The lowest BCUT2D eigenvalue weighted by molar-refractivity contribution is -0.120. The molecule has 0 aliphatic carbocycles. The van der Waals surface area contributed by atoms with Crippen molar-refractivity contribution in [1.82, 2.24) is 5.32 Å². The third kappa shape index (κ3) is 6.04. The smallest absolute Gasteiger partial charge is 0.221 e. The summed E-state index contributed by atoms with van der Waals surface area (Å²) in [6.45, 7) is 0.393. The van der Waals surface area contributed by atoms with Gasteiger partial charge in [-0.2, -0.15) is 0 Å². The minimum Gasteiger partial charge on any atom is -0.352 e. The summed E-state index contributed by atoms with van der Waals surface area (Å²) < 4.78 is 24.2. The van der Waals surface area contributed by atoms with E-state index < -0.39 is 9.84 Å². The maximum absolute atomic E-state index is 12.1. The van der Waals surface area contributed by atoms with Crippen molar-refractivity contribution in [3.05, 3.63) is 70.7 Å². The molecule has 0 aliphatic heterocycles. The van der Waals surface area contributed by atoms with E-state index in [1.165, 1.54) is 0 Å². The van der Waals surface area contributed by atoms with Crippen molar-refractivity contribution < 1.29 is 13.2 Å². The van der Waals surface area contributed by atoms with E-state index in [0.717, 1.165) is 5.56 Å². The lowest BCUT2D eigenvalue weighted by Crippen LogP contribution is -2.25. The first-order valence-electron chi connectivity index (χ1n) is 7.21. The van der Waals surface area contributed by atoms with E-state index >= 15 is 0 Å². The molecule has 23 heavy (non-hydrogen) atoms. The van der Waals surface area contributed by atoms with Gasteiger partial charge in [-0.05, 0) is 17.2 Å². The summed E-state index contributed by atoms with van der Waals surface area (Å²) in [5.74, 6) is -0.631. The molecule has 0 spiro atoms. The number of carbonyl (C=O) groups is 1. The number of hydrogen-bond acceptors (Lipinski definition) is 3. The molecule has 4 nitrogen and oxygen atoms in total. The number of amides is 1. The van der Waals surface area contributed by atoms with Crippen LogP contribution in [-0.2, 0) is 26.9 Å². The van der Waals surface area contributed by atoms with Crippen LogP contribution >= 0.6 is 11.6 Å². The Morgan fingerprint density at radius 3 is 2.35 bits per heavy atom. The SMILES string of the molecule is O=C(CCS(=O)(=O)Cc1ccccc1Cl)NCc1ccccc1. The first-order chi connectivity index (χ1) is 11.0. The van der Waals surface area contributed by atoms with Gasteiger partial charge in [0.05, 0.1) is 11.5 Å². The number of rotatable bonds is 7. The van der Waals surface area contributed by atoms with Crippen LogP contribution < -0.4 is 5.32 Å². The molecule has 0 saturated carbocycles. The van der Waals surface area contributed by atoms with E-state index in [0.29, 0.717) is 17.1 Å². The summed E-state index contributed by atoms with van der Waals surface area (Å²) in [4.78, 5) is 11.8. The van der Waals surface area contributed by atoms with Crippen LogP contribution in [0.3, 0.4) is 0 Å². The second-order valence-electron chi connectivity index (χ2n) is 5.20. The Morgan fingerprint density at radius 1 is 1.00 bits per heavy atom. The van der Waals surface area contributed by atoms with Crippen LogP contribution in [0.25, 0.3) is 0 Å². The molecule has 6 heteroatoms. The molecule has 0 atom stereocenters. The number of benzene rings is 2. The molecule has 122 valence electrons. The maximum Gasteiger partial charge on any atom is 0.221 e. The molecule has 1 N–H and O–H groups in total. The predicted molar refractivity (Wildman–Crippen MR) is 91.8 cm³/mol. The normalized spacial score (nSPS) is 11.2. The largest absolute Gasteiger partial charge is 0.352 e. The quantitative estimate of drug-likeness (QED) is 0.834. The van der Waals surface area contributed by atoms with E-state index in [1.54, 1.807) is 24.3 Å². The second-order valence-corrected chi connectivity index (χ2v) is 7.79. The molecule has 2 aromatic rings. The van der Waals surface area contributed by atoms with Gasteiger partial charge in [0.2, 0.25) is 5.91 Å². The zero-order valence-electron chi connectivity index (χ0n) is 12.5. The molecule has 0 fully saturated rings. The van der Waals surface area contributed by atoms with Gasteiger partial charge in [0.25, 0.3) is 0 Å². The molecule has 0 aromatic heterocycles. The van der Waals surface area contributed by atoms with Crippen molar-refractivity contribution in [3.8, 4) is 0 Å². The fourth-order valence-electron chi connectivity index (χ4n) is 2.06. The zero-order valence-corrected chi connectivity index (χ0v) is 14.1. The molecule has 0 heterocycles. The molecular weight excluding hydrogens is 334 g/mol. The van der Waals surface area contributed by atoms with Crippen LogP contribution in [0.15, 0.2) is 54.6 Å². The Morgan fingerprint density at radius 2 is 1.65 bits per heavy atom. The summed E-state index contributed by atoms with van der Waals surface area (Å²) in [6.07, 6.45) is -0.0559. The van der Waals surface area contributed by atoms with Gasteiger partial charge in [-0.1, -0.05) is 60.1 Å². The fourth-order valence-corrected chi connectivity index (χ4v) is 3.71. The third-order valence-corrected chi connectivity index (χ3v) is 5.25. The molecule has 0 saturated heterocycles. The molecule has 0 unspecified atom stereocenters. The highest BCUT2D eigenvalue weighted by Gasteiger charge is 2.16. The van der Waals surface area contributed by atoms with Crippen molar-refractivity contribution in [2.24, 2.45) is 0 Å². The van der Waals surface area contributed by atoms with E-state index in [2.05, 4.69) is 5.32 Å². The molecule has 2 rings (SSSR count). The van der Waals surface area contributed by atoms with Crippen LogP contribution in [0.1, 0.15) is 17.5 Å². The highest BCUT2D eigenvalue weighted by Crippen LogP contribution is 2.18. The van der Waals surface area contributed by atoms with Gasteiger partial charge < -0.3 is 5.32 Å². The lowest BCUT2D eigenvalue weighted by Gasteiger charge is -2.07. The third-order valence-electron chi connectivity index (χ3n) is 3.31. The van der Waals surface area contributed by atoms with Crippen LogP contribution in [-0.4, -0.2) is 20.1 Å². The molecule has 0 aliphatic rings. The standard InChI is InChI=1S/C17H18ClNO3S/c18-16-9-5-4-8-15(16)13-23(21,22)11-10-17(20)19-12-14-6-2-1-3-7-14/h1-9H,10-13H2,(H,19,20). The fraction of sp³-hybridized carbons (Fsp3) is 0.235. The second kappa shape index (κ2) is 8.13. The number of carbonyl (C=O) groups excluding carboxylic acids is 1. The van der Waals surface area contributed by atoms with Gasteiger partial charge in [-0.15, -0.1) is 0 Å². The Balaban J connectivity index is 1.82. The highest BCUT2D eigenvalue weighted by molar-refractivity contribution is 7.90. The first-order valence-corrected chi connectivity index (χ1v) is 9.41. The minimum absolute atomic E-state index is 0.0559. The number of halogens is 1. The van der Waals surface area contributed by atoms with Gasteiger partial charge in [-0.3, -0.25) is 4.79 Å². The molecule has 0 radical (unpaired) electrons. The minimum atomic E-state index is -3.38. The van der Waals surface area contributed by atoms with Crippen molar-refractivity contribution in [2.75, 3.05) is 5.75 Å². The van der Waals surface area contributed by atoms with Crippen molar-refractivity contribution in [3.63, 3.8) is 0 Å². The van der Waals surface area contributed by atoms with E-state index in [9.17, 15) is 13.2 Å². The van der Waals surface area contributed by atoms with Gasteiger partial charge >= 0.3 is 0 Å². The van der Waals surface area contributed by atoms with E-state index in [1.807, 2.05) is 30.3 Å². The van der Waals surface area contributed by atoms with Gasteiger partial charge in [0, 0.05) is 18.0 Å². The van der Waals surface area contributed by atoms with Crippen LogP contribution in [0.5, 0.6) is 0 Å². The van der Waals surface area contributed by atoms with E-state index in [4.69, 9.17) is 11.6 Å². The Kier molecular flexibility index (Phi) is 6.19. The summed E-state index contributed by atoms with van der Waals surface area (Å²) in [6, 6.07) is 16.3. The van der Waals surface area contributed by atoms with Gasteiger partial charge in [-0.25, -0.2) is 8.42 Å². The summed E-state index contributed by atoms with van der Waals surface area (Å²) in [5.41, 5.74) is 1.53. The average Bonchev–Trinajstić information content (AvgIpc) is 2.54. The zero-order chi connectivity index (χ0) is 16.7. The highest BCUT2D eigenvalue weighted by atomic mass is 35.5. The maximum atomic E-state index is 12.1. The Hall–Kier alpha value is -1.85. The average molecular weight is 352 g/mol. The van der Waals surface area contributed by atoms with E-state index in [-0.39, 0.29) is 23.8 Å². The number of sulfone groups is 1. The Bertz CT molecular complexity index is 760. The van der Waals surface area contributed by atoms with Crippen LogP contribution in [0.2, 0.25) is 5.02 Å². The van der Waals surface area contributed by atoms with Crippen LogP contribution in [0, 0.1) is 0 Å². The van der Waals surface area contributed by atoms with Crippen molar-refractivity contribution >= 4 is 27.3 Å². The summed E-state index contributed by atoms with van der Waals surface area (Å²) in [5, 5.41) is 3.14.